The molecule has 0 N–H and O–H groups in total. The molecule has 0 aliphatic carbocycles. The first-order valence-corrected chi connectivity index (χ1v) is 8.50. The second-order valence-corrected chi connectivity index (χ2v) is 8.71. The van der Waals surface area contributed by atoms with Gasteiger partial charge in [-0.05, 0) is 0 Å². The van der Waals surface area contributed by atoms with Crippen LogP contribution in [0.15, 0.2) is 0 Å². The molecular formula is C5H12NaO5PS2. The molecule has 5 nitrogen and oxygen atoms in total. The first kappa shape index (κ1) is 17.8. The number of hydrogen-bond acceptors (Lipinski definition) is 6. The van der Waals surface area contributed by atoms with E-state index in [0.717, 1.165) is 7.11 Å². The molecule has 0 radical (unpaired) electrons. The Kier molecular flexibility index (Phi) is 9.78. The van der Waals surface area contributed by atoms with E-state index in [1.165, 1.54) is 6.92 Å². The second-order valence-electron chi connectivity index (χ2n) is 2.20. The van der Waals surface area contributed by atoms with E-state index in [9.17, 15) is 17.9 Å². The van der Waals surface area contributed by atoms with Gasteiger partial charge >= 0.3 is 29.6 Å². The van der Waals surface area contributed by atoms with E-state index >= 15 is 0 Å². The summed E-state index contributed by atoms with van der Waals surface area (Å²) >= 11 is 0.520. The quantitative estimate of drug-likeness (QED) is 0.385. The van der Waals surface area contributed by atoms with Crippen LogP contribution in [0.3, 0.4) is 0 Å². The predicted molar refractivity (Wildman–Crippen MR) is 51.4 cm³/mol. The van der Waals surface area contributed by atoms with Crippen molar-refractivity contribution in [2.75, 3.05) is 24.4 Å². The van der Waals surface area contributed by atoms with Crippen molar-refractivity contribution in [1.29, 1.82) is 0 Å². The summed E-state index contributed by atoms with van der Waals surface area (Å²) in [4.78, 5) is 10.7. The second kappa shape index (κ2) is 7.68. The first-order chi connectivity index (χ1) is 5.83. The van der Waals surface area contributed by atoms with Crippen molar-refractivity contribution in [2.45, 2.75) is 6.92 Å². The molecule has 1 unspecified atom stereocenters. The van der Waals surface area contributed by atoms with E-state index in [-0.39, 0.29) is 46.8 Å². The summed E-state index contributed by atoms with van der Waals surface area (Å²) in [5.74, 6) is -0.0851. The maximum atomic E-state index is 10.9. The molecule has 14 heavy (non-hydrogen) atoms. The number of hydrogen-bond donors (Lipinski definition) is 0. The maximum Gasteiger partial charge on any atom is 1.00 e. The predicted octanol–water partition coefficient (Wildman–Crippen LogP) is -2.73. The molecule has 0 fully saturated rings. The Balaban J connectivity index is 0. The van der Waals surface area contributed by atoms with Crippen LogP contribution < -0.4 is 34.5 Å². The van der Waals surface area contributed by atoms with Gasteiger partial charge in [0.15, 0.2) is 16.6 Å². The topological polar surface area (TPSA) is 83.5 Å². The van der Waals surface area contributed by atoms with Crippen LogP contribution in [0.5, 0.6) is 0 Å². The molecule has 9 heteroatoms. The van der Waals surface area contributed by atoms with Gasteiger partial charge in [-0.15, -0.1) is 0 Å². The van der Waals surface area contributed by atoms with Crippen molar-refractivity contribution in [1.82, 2.24) is 0 Å². The van der Waals surface area contributed by atoms with E-state index in [2.05, 4.69) is 4.52 Å². The van der Waals surface area contributed by atoms with E-state index in [0.29, 0.717) is 11.4 Å². The van der Waals surface area contributed by atoms with Crippen molar-refractivity contribution in [3.63, 3.8) is 0 Å². The summed E-state index contributed by atoms with van der Waals surface area (Å²) in [5.41, 5.74) is 0. The molecule has 1 atom stereocenters. The van der Waals surface area contributed by atoms with Crippen LogP contribution in [0.1, 0.15) is 6.92 Å². The summed E-state index contributed by atoms with van der Waals surface area (Å²) in [5, 5.41) is 0. The van der Waals surface area contributed by atoms with E-state index in [1.807, 2.05) is 0 Å². The van der Waals surface area contributed by atoms with Crippen LogP contribution in [-0.2, 0) is 18.9 Å². The normalized spacial score (nSPS) is 15.6. The van der Waals surface area contributed by atoms with Crippen molar-refractivity contribution < 1.29 is 52.0 Å². The van der Waals surface area contributed by atoms with Gasteiger partial charge in [-0.1, -0.05) is 18.3 Å². The SMILES string of the molecule is CCS(=O)(=O)CCSP(=O)([O-])OC.[Na+]. The van der Waals surface area contributed by atoms with Crippen molar-refractivity contribution in [3.05, 3.63) is 0 Å². The van der Waals surface area contributed by atoms with Crippen LogP contribution in [0, 0.1) is 0 Å². The van der Waals surface area contributed by atoms with E-state index in [1.54, 1.807) is 0 Å². The zero-order valence-corrected chi connectivity index (χ0v) is 13.0. The standard InChI is InChI=1S/C5H13O5PS2.Na/c1-3-13(8,9)5-4-12-11(6,7)10-2;/h3-5H2,1-2H3,(H,6,7);/q;+1/p-1. The fourth-order valence-corrected chi connectivity index (χ4v) is 4.06. The summed E-state index contributed by atoms with van der Waals surface area (Å²) < 4.78 is 36.8. The number of sulfone groups is 1. The molecule has 0 aliphatic heterocycles. The van der Waals surface area contributed by atoms with E-state index < -0.39 is 16.6 Å². The van der Waals surface area contributed by atoms with Gasteiger partial charge < -0.3 is 9.42 Å². The Morgan fingerprint density at radius 1 is 1.50 bits per heavy atom. The molecule has 0 aromatic rings. The Hall–Kier alpha value is 1.45. The van der Waals surface area contributed by atoms with Gasteiger partial charge in [-0.25, -0.2) is 8.42 Å². The van der Waals surface area contributed by atoms with Crippen LogP contribution >= 0.6 is 18.2 Å². The molecule has 80 valence electrons. The van der Waals surface area contributed by atoms with Gasteiger partial charge in [-0.2, -0.15) is 0 Å². The minimum atomic E-state index is -3.87. The molecule has 0 aliphatic rings. The molecule has 0 heterocycles. The molecule has 0 rings (SSSR count). The first-order valence-electron chi connectivity index (χ1n) is 3.55. The summed E-state index contributed by atoms with van der Waals surface area (Å²) in [6, 6.07) is 0. The Morgan fingerprint density at radius 3 is 2.36 bits per heavy atom. The average Bonchev–Trinajstić information content (AvgIpc) is 2.04. The third-order valence-corrected chi connectivity index (χ3v) is 6.37. The Labute approximate surface area is 110 Å². The summed E-state index contributed by atoms with van der Waals surface area (Å²) in [6.07, 6.45) is 0. The van der Waals surface area contributed by atoms with Gasteiger partial charge in [0.05, 0.1) is 5.75 Å². The molecular weight excluding hydrogens is 258 g/mol. The van der Waals surface area contributed by atoms with Gasteiger partial charge in [0.1, 0.15) is 0 Å². The molecule has 0 amide bonds. The minimum absolute atomic E-state index is 0. The minimum Gasteiger partial charge on any atom is -0.770 e. The zero-order chi connectivity index (χ0) is 10.5. The van der Waals surface area contributed by atoms with Crippen molar-refractivity contribution in [2.24, 2.45) is 0 Å². The monoisotopic (exact) mass is 270 g/mol. The summed E-state index contributed by atoms with van der Waals surface area (Å²) in [7, 11) is -2.04. The third-order valence-electron chi connectivity index (χ3n) is 1.31. The molecule has 0 aromatic heterocycles. The largest absolute Gasteiger partial charge is 1.00 e. The average molecular weight is 270 g/mol. The molecule has 0 saturated heterocycles. The number of rotatable bonds is 6. The summed E-state index contributed by atoms with van der Waals surface area (Å²) in [6.45, 7) is -2.35. The molecule has 0 spiro atoms. The van der Waals surface area contributed by atoms with Crippen molar-refractivity contribution in [3.8, 4) is 0 Å². The fourth-order valence-electron chi connectivity index (χ4n) is 0.473. The van der Waals surface area contributed by atoms with Gasteiger partial charge in [-0.3, -0.25) is 4.57 Å². The van der Waals surface area contributed by atoms with Gasteiger partial charge in [0.2, 0.25) is 0 Å². The van der Waals surface area contributed by atoms with E-state index in [4.69, 9.17) is 0 Å². The third kappa shape index (κ3) is 8.73. The van der Waals surface area contributed by atoms with Crippen molar-refractivity contribution >= 4 is 28.0 Å². The van der Waals surface area contributed by atoms with Gasteiger partial charge in [0.25, 0.3) is 0 Å². The molecule has 0 aromatic carbocycles. The fraction of sp³-hybridized carbons (Fsp3) is 1.00. The van der Waals surface area contributed by atoms with Crippen LogP contribution in [0.4, 0.5) is 0 Å². The maximum absolute atomic E-state index is 10.9. The van der Waals surface area contributed by atoms with Crippen LogP contribution in [0.25, 0.3) is 0 Å². The van der Waals surface area contributed by atoms with Crippen LogP contribution in [0.2, 0.25) is 0 Å². The smallest absolute Gasteiger partial charge is 0.770 e. The van der Waals surface area contributed by atoms with Crippen LogP contribution in [-0.4, -0.2) is 32.8 Å². The Bertz CT molecular complexity index is 290. The van der Waals surface area contributed by atoms with Gasteiger partial charge in [0, 0.05) is 18.6 Å². The molecule has 0 bridgehead atoms. The Morgan fingerprint density at radius 2 is 2.00 bits per heavy atom. The molecule has 0 saturated carbocycles. The zero-order valence-electron chi connectivity index (χ0n) is 8.43.